The largest absolute Gasteiger partial charge is 0.466 e. The molecule has 0 unspecified atom stereocenters. The second-order valence-corrected chi connectivity index (χ2v) is 7.15. The number of methoxy groups -OCH3 is 1. The van der Waals surface area contributed by atoms with Gasteiger partial charge in [0.15, 0.2) is 5.11 Å². The summed E-state index contributed by atoms with van der Waals surface area (Å²) in [5.41, 5.74) is 2.17. The highest BCUT2D eigenvalue weighted by atomic mass is 35.5. The van der Waals surface area contributed by atoms with E-state index in [0.29, 0.717) is 15.7 Å². The van der Waals surface area contributed by atoms with Crippen LogP contribution < -0.4 is 10.2 Å². The van der Waals surface area contributed by atoms with Crippen molar-refractivity contribution in [1.82, 2.24) is 10.2 Å². The molecule has 0 saturated carbocycles. The second-order valence-electron chi connectivity index (χ2n) is 6.36. The van der Waals surface area contributed by atoms with Crippen molar-refractivity contribution in [2.45, 2.75) is 19.4 Å². The Kier molecular flexibility index (Phi) is 6.81. The van der Waals surface area contributed by atoms with Crippen LogP contribution in [-0.2, 0) is 9.53 Å². The van der Waals surface area contributed by atoms with Gasteiger partial charge in [0.05, 0.1) is 39.4 Å². The number of thiocarbonyl (C=S) groups is 1. The number of carbonyl (C=O) groups is 1. The Morgan fingerprint density at radius 3 is 2.68 bits per heavy atom. The van der Waals surface area contributed by atoms with E-state index >= 15 is 0 Å². The zero-order valence-corrected chi connectivity index (χ0v) is 16.6. The standard InChI is InChI=1S/C18H24ClN3O2S/c1-12-15(17(23)24-4)16(13-8-5-6-9-14(13)19)20-18(25)22(12)11-7-10-21(2)3/h5-6,8-9,16H,7,10-11H2,1-4H3,(H,20,25)/p+1/t16-/m0/s1. The number of ether oxygens (including phenoxy) is 1. The van der Waals surface area contributed by atoms with Crippen LogP contribution in [0.5, 0.6) is 0 Å². The lowest BCUT2D eigenvalue weighted by Crippen LogP contribution is -3.05. The van der Waals surface area contributed by atoms with E-state index in [4.69, 9.17) is 28.6 Å². The van der Waals surface area contributed by atoms with Gasteiger partial charge in [-0.3, -0.25) is 0 Å². The lowest BCUT2D eigenvalue weighted by atomic mass is 9.95. The number of benzene rings is 1. The normalized spacial score (nSPS) is 17.8. The van der Waals surface area contributed by atoms with Crippen LogP contribution in [0, 0.1) is 0 Å². The van der Waals surface area contributed by atoms with Gasteiger partial charge in [0.25, 0.3) is 0 Å². The fourth-order valence-electron chi connectivity index (χ4n) is 2.96. The number of quaternary nitrogens is 1. The molecule has 0 aromatic heterocycles. The molecule has 2 rings (SSSR count). The third-order valence-corrected chi connectivity index (χ3v) is 4.96. The SMILES string of the molecule is COC(=O)C1=C(C)N(CCC[NH+](C)C)C(=S)N[C@H]1c1ccccc1Cl. The van der Waals surface area contributed by atoms with Crippen molar-refractivity contribution in [2.75, 3.05) is 34.3 Å². The molecule has 136 valence electrons. The maximum Gasteiger partial charge on any atom is 0.337 e. The topological polar surface area (TPSA) is 46.0 Å². The van der Waals surface area contributed by atoms with Crippen LogP contribution in [0.4, 0.5) is 0 Å². The number of nitrogens with one attached hydrogen (secondary N) is 2. The zero-order chi connectivity index (χ0) is 18.6. The van der Waals surface area contributed by atoms with Gasteiger partial charge in [-0.1, -0.05) is 29.8 Å². The molecule has 1 aromatic rings. The molecule has 0 amide bonds. The molecule has 2 N–H and O–H groups in total. The number of hydrogen-bond donors (Lipinski definition) is 2. The van der Waals surface area contributed by atoms with Crippen LogP contribution in [0.25, 0.3) is 0 Å². The molecule has 7 heteroatoms. The summed E-state index contributed by atoms with van der Waals surface area (Å²) in [7, 11) is 5.62. The van der Waals surface area contributed by atoms with Gasteiger partial charge >= 0.3 is 5.97 Å². The molecule has 1 aromatic carbocycles. The fourth-order valence-corrected chi connectivity index (χ4v) is 3.55. The molecular weight excluding hydrogens is 358 g/mol. The monoisotopic (exact) mass is 382 g/mol. The number of halogens is 1. The first-order chi connectivity index (χ1) is 11.9. The summed E-state index contributed by atoms with van der Waals surface area (Å²) in [5, 5.41) is 4.45. The Hall–Kier alpha value is -1.63. The Labute approximate surface area is 159 Å². The van der Waals surface area contributed by atoms with Crippen molar-refractivity contribution in [1.29, 1.82) is 0 Å². The first-order valence-electron chi connectivity index (χ1n) is 8.27. The molecule has 1 atom stereocenters. The molecule has 25 heavy (non-hydrogen) atoms. The van der Waals surface area contributed by atoms with Crippen LogP contribution >= 0.6 is 23.8 Å². The van der Waals surface area contributed by atoms with Crippen molar-refractivity contribution in [3.05, 3.63) is 46.1 Å². The van der Waals surface area contributed by atoms with Gasteiger partial charge < -0.3 is 19.9 Å². The molecule has 0 radical (unpaired) electrons. The van der Waals surface area contributed by atoms with Crippen molar-refractivity contribution in [3.8, 4) is 0 Å². The van der Waals surface area contributed by atoms with Gasteiger partial charge in [-0.05, 0) is 30.8 Å². The zero-order valence-electron chi connectivity index (χ0n) is 15.1. The molecule has 0 fully saturated rings. The van der Waals surface area contributed by atoms with Crippen LogP contribution in [0.2, 0.25) is 5.02 Å². The van der Waals surface area contributed by atoms with Crippen molar-refractivity contribution in [2.24, 2.45) is 0 Å². The quantitative estimate of drug-likeness (QED) is 0.577. The van der Waals surface area contributed by atoms with Gasteiger partial charge in [0, 0.05) is 23.7 Å². The second kappa shape index (κ2) is 8.65. The third kappa shape index (κ3) is 4.51. The number of hydrogen-bond acceptors (Lipinski definition) is 3. The first kappa shape index (κ1) is 19.7. The van der Waals surface area contributed by atoms with Gasteiger partial charge in [-0.2, -0.15) is 0 Å². The Morgan fingerprint density at radius 1 is 1.40 bits per heavy atom. The molecule has 5 nitrogen and oxygen atoms in total. The summed E-state index contributed by atoms with van der Waals surface area (Å²) < 4.78 is 5.02. The average Bonchev–Trinajstić information content (AvgIpc) is 2.57. The fraction of sp³-hybridized carbons (Fsp3) is 0.444. The number of allylic oxidation sites excluding steroid dienone is 1. The maximum atomic E-state index is 12.5. The minimum Gasteiger partial charge on any atom is -0.466 e. The summed E-state index contributed by atoms with van der Waals surface area (Å²) in [4.78, 5) is 15.8. The van der Waals surface area contributed by atoms with E-state index in [1.54, 1.807) is 6.07 Å². The van der Waals surface area contributed by atoms with Gasteiger partial charge in [0.2, 0.25) is 0 Å². The first-order valence-corrected chi connectivity index (χ1v) is 9.06. The smallest absolute Gasteiger partial charge is 0.337 e. The van der Waals surface area contributed by atoms with Gasteiger partial charge in [-0.25, -0.2) is 4.79 Å². The molecule has 1 aliphatic heterocycles. The number of nitrogens with zero attached hydrogens (tertiary/aromatic N) is 1. The van der Waals surface area contributed by atoms with Gasteiger partial charge in [-0.15, -0.1) is 0 Å². The Balaban J connectivity index is 2.40. The Bertz CT molecular complexity index is 691. The van der Waals surface area contributed by atoms with Crippen molar-refractivity contribution >= 4 is 34.9 Å². The highest BCUT2D eigenvalue weighted by Crippen LogP contribution is 2.34. The maximum absolute atomic E-state index is 12.5. The van der Waals surface area contributed by atoms with E-state index < -0.39 is 6.04 Å². The van der Waals surface area contributed by atoms with Crippen molar-refractivity contribution in [3.63, 3.8) is 0 Å². The average molecular weight is 383 g/mol. The van der Waals surface area contributed by atoms with Crippen LogP contribution in [-0.4, -0.2) is 50.3 Å². The molecule has 1 heterocycles. The summed E-state index contributed by atoms with van der Waals surface area (Å²) in [6, 6.07) is 7.03. The van der Waals surface area contributed by atoms with E-state index in [0.717, 1.165) is 30.8 Å². The Morgan fingerprint density at radius 2 is 2.08 bits per heavy atom. The lowest BCUT2D eigenvalue weighted by Gasteiger charge is -2.37. The van der Waals surface area contributed by atoms with Crippen molar-refractivity contribution < 1.29 is 14.4 Å². The number of carbonyl (C=O) groups excluding carboxylic acids is 1. The van der Waals surface area contributed by atoms with E-state index in [1.807, 2.05) is 30.0 Å². The number of rotatable bonds is 6. The summed E-state index contributed by atoms with van der Waals surface area (Å²) in [6.45, 7) is 3.68. The van der Waals surface area contributed by atoms with E-state index in [-0.39, 0.29) is 5.97 Å². The lowest BCUT2D eigenvalue weighted by molar-refractivity contribution is -0.858. The molecule has 0 spiro atoms. The minimum absolute atomic E-state index is 0.374. The van der Waals surface area contributed by atoms with E-state index in [1.165, 1.54) is 12.0 Å². The van der Waals surface area contributed by atoms with Gasteiger partial charge in [0.1, 0.15) is 0 Å². The van der Waals surface area contributed by atoms with Crippen LogP contribution in [0.15, 0.2) is 35.5 Å². The predicted molar refractivity (Wildman–Crippen MR) is 104 cm³/mol. The summed E-state index contributed by atoms with van der Waals surface area (Å²) >= 11 is 11.9. The molecule has 0 saturated heterocycles. The minimum atomic E-state index is -0.413. The molecule has 0 aliphatic carbocycles. The third-order valence-electron chi connectivity index (χ3n) is 4.28. The summed E-state index contributed by atoms with van der Waals surface area (Å²) in [5.74, 6) is -0.374. The van der Waals surface area contributed by atoms with E-state index in [9.17, 15) is 4.79 Å². The highest BCUT2D eigenvalue weighted by Gasteiger charge is 2.35. The molecule has 0 bridgehead atoms. The number of esters is 1. The van der Waals surface area contributed by atoms with Crippen LogP contribution in [0.3, 0.4) is 0 Å². The summed E-state index contributed by atoms with van der Waals surface area (Å²) in [6.07, 6.45) is 0.965. The van der Waals surface area contributed by atoms with E-state index in [2.05, 4.69) is 19.4 Å². The van der Waals surface area contributed by atoms with Crippen LogP contribution in [0.1, 0.15) is 24.9 Å². The molecule has 1 aliphatic rings. The molecular formula is C18H25ClN3O2S+. The predicted octanol–water partition coefficient (Wildman–Crippen LogP) is 1.55. The highest BCUT2D eigenvalue weighted by molar-refractivity contribution is 7.80.